The third-order valence-corrected chi connectivity index (χ3v) is 7.87. The van der Waals surface area contributed by atoms with Crippen molar-refractivity contribution < 1.29 is 36.3 Å². The van der Waals surface area contributed by atoms with Gasteiger partial charge in [0.05, 0.1) is 30.3 Å². The summed E-state index contributed by atoms with van der Waals surface area (Å²) in [6.07, 6.45) is -0.183. The summed E-state index contributed by atoms with van der Waals surface area (Å²) in [6, 6.07) is 6.70. The van der Waals surface area contributed by atoms with E-state index in [0.29, 0.717) is 13.2 Å². The fourth-order valence-corrected chi connectivity index (χ4v) is 6.19. The molecule has 2 aliphatic rings. The third-order valence-electron chi connectivity index (χ3n) is 5.74. The zero-order chi connectivity index (χ0) is 24.2. The quantitative estimate of drug-likeness (QED) is 0.537. The van der Waals surface area contributed by atoms with Crippen LogP contribution in [0.5, 0.6) is 5.75 Å². The van der Waals surface area contributed by atoms with Crippen LogP contribution in [0.25, 0.3) is 0 Å². The van der Waals surface area contributed by atoms with Crippen LogP contribution in [0.3, 0.4) is 0 Å². The largest absolute Gasteiger partial charge is 0.435 e. The molecule has 1 aromatic rings. The van der Waals surface area contributed by atoms with Crippen molar-refractivity contribution in [2.24, 2.45) is 0 Å². The summed E-state index contributed by atoms with van der Waals surface area (Å²) in [6.45, 7) is -2.30. The predicted molar refractivity (Wildman–Crippen MR) is 111 cm³/mol. The van der Waals surface area contributed by atoms with Crippen LogP contribution in [0.1, 0.15) is 12.0 Å². The molecule has 10 nitrogen and oxygen atoms in total. The van der Waals surface area contributed by atoms with Gasteiger partial charge < -0.3 is 24.6 Å². The van der Waals surface area contributed by atoms with E-state index in [2.05, 4.69) is 10.1 Å². The summed E-state index contributed by atoms with van der Waals surface area (Å²) in [5.41, 5.74) is -1.71. The number of hydrogen-bond acceptors (Lipinski definition) is 7. The van der Waals surface area contributed by atoms with Crippen molar-refractivity contribution in [1.29, 1.82) is 5.26 Å². The van der Waals surface area contributed by atoms with Crippen molar-refractivity contribution in [3.63, 3.8) is 0 Å². The Hall–Kier alpha value is -2.98. The molecule has 2 fully saturated rings. The van der Waals surface area contributed by atoms with Crippen LogP contribution in [0, 0.1) is 11.3 Å². The number of likely N-dealkylation sites (N-methyl/N-ethyl adjacent to an activating group) is 1. The molecular formula is C20H24F2N4O6S. The summed E-state index contributed by atoms with van der Waals surface area (Å²) in [4.78, 5) is 28.5. The Kier molecular flexibility index (Phi) is 7.38. The number of carbonyl (C=O) groups is 2. The Morgan fingerprint density at radius 3 is 2.67 bits per heavy atom. The summed E-state index contributed by atoms with van der Waals surface area (Å²) in [7, 11) is -2.75. The molecule has 1 aromatic carbocycles. The standard InChI is InChI=1S/C20H24F2N4O6S/c1-25(19(28)26-8-10-31-11-9-26)20(17(27)24-7-6-23)12-16(20)33(29,30)13-14-4-2-3-5-15(14)32-18(21)22/h2-5,16,18H,7-13H2,1H3,(H,24,27). The topological polar surface area (TPSA) is 129 Å². The van der Waals surface area contributed by atoms with Crippen LogP contribution in [-0.2, 0) is 25.1 Å². The van der Waals surface area contributed by atoms with Crippen LogP contribution in [0.4, 0.5) is 13.6 Å². The van der Waals surface area contributed by atoms with E-state index in [9.17, 15) is 26.8 Å². The first-order valence-corrected chi connectivity index (χ1v) is 11.8. The first-order valence-electron chi connectivity index (χ1n) is 10.1. The molecule has 1 saturated carbocycles. The summed E-state index contributed by atoms with van der Waals surface area (Å²) < 4.78 is 61.5. The number of nitriles is 1. The lowest BCUT2D eigenvalue weighted by Crippen LogP contribution is -2.57. The highest BCUT2D eigenvalue weighted by atomic mass is 32.2. The molecule has 0 radical (unpaired) electrons. The van der Waals surface area contributed by atoms with Crippen LogP contribution in [-0.4, -0.2) is 87.5 Å². The predicted octanol–water partition coefficient (Wildman–Crippen LogP) is 0.738. The van der Waals surface area contributed by atoms with Crippen molar-refractivity contribution in [2.75, 3.05) is 39.9 Å². The first-order chi connectivity index (χ1) is 15.6. The van der Waals surface area contributed by atoms with Crippen LogP contribution < -0.4 is 10.1 Å². The Bertz CT molecular complexity index is 1040. The van der Waals surface area contributed by atoms with E-state index in [0.717, 1.165) is 4.90 Å². The minimum Gasteiger partial charge on any atom is -0.435 e. The van der Waals surface area contributed by atoms with Gasteiger partial charge in [0.15, 0.2) is 9.84 Å². The van der Waals surface area contributed by atoms with Gasteiger partial charge in [-0.25, -0.2) is 13.2 Å². The molecule has 1 saturated heterocycles. The van der Waals surface area contributed by atoms with Gasteiger partial charge in [-0.05, 0) is 6.07 Å². The van der Waals surface area contributed by atoms with Crippen molar-refractivity contribution in [3.8, 4) is 11.8 Å². The van der Waals surface area contributed by atoms with E-state index in [1.54, 1.807) is 6.07 Å². The molecule has 2 unspecified atom stereocenters. The molecule has 180 valence electrons. The zero-order valence-electron chi connectivity index (χ0n) is 17.9. The Balaban J connectivity index is 1.87. The number of sulfone groups is 1. The molecule has 1 N–H and O–H groups in total. The minimum atomic E-state index is -4.09. The van der Waals surface area contributed by atoms with Gasteiger partial charge in [-0.3, -0.25) is 4.79 Å². The number of benzene rings is 1. The van der Waals surface area contributed by atoms with Gasteiger partial charge in [-0.15, -0.1) is 0 Å². The van der Waals surface area contributed by atoms with E-state index in [1.807, 2.05) is 0 Å². The molecular weight excluding hydrogens is 462 g/mol. The average Bonchev–Trinajstić information content (AvgIpc) is 3.56. The van der Waals surface area contributed by atoms with Gasteiger partial charge in [0, 0.05) is 32.1 Å². The second-order valence-corrected chi connectivity index (χ2v) is 9.88. The lowest BCUT2D eigenvalue weighted by Gasteiger charge is -2.35. The third kappa shape index (κ3) is 5.17. The number of nitrogens with zero attached hydrogens (tertiary/aromatic N) is 3. The van der Waals surface area contributed by atoms with E-state index < -0.39 is 44.9 Å². The molecule has 1 aliphatic carbocycles. The highest BCUT2D eigenvalue weighted by Gasteiger charge is 2.70. The number of amides is 3. The van der Waals surface area contributed by atoms with Crippen molar-refractivity contribution in [3.05, 3.63) is 29.8 Å². The van der Waals surface area contributed by atoms with Gasteiger partial charge >= 0.3 is 12.6 Å². The normalized spacial score (nSPS) is 22.4. The van der Waals surface area contributed by atoms with E-state index >= 15 is 0 Å². The number of alkyl halides is 2. The van der Waals surface area contributed by atoms with Gasteiger partial charge in [-0.2, -0.15) is 14.0 Å². The first kappa shape index (κ1) is 24.7. The zero-order valence-corrected chi connectivity index (χ0v) is 18.7. The van der Waals surface area contributed by atoms with E-state index in [4.69, 9.17) is 10.00 Å². The number of urea groups is 1. The fraction of sp³-hybridized carbons (Fsp3) is 0.550. The molecule has 2 atom stereocenters. The van der Waals surface area contributed by atoms with E-state index in [1.165, 1.54) is 36.2 Å². The van der Waals surface area contributed by atoms with Gasteiger partial charge in [0.25, 0.3) is 0 Å². The SMILES string of the molecule is CN(C(=O)N1CCOCC1)C1(C(=O)NCC#N)CC1S(=O)(=O)Cc1ccccc1OC(F)F. The molecule has 0 spiro atoms. The maximum absolute atomic E-state index is 13.2. The molecule has 3 rings (SSSR count). The lowest BCUT2D eigenvalue weighted by molar-refractivity contribution is -0.126. The number of halogens is 2. The monoisotopic (exact) mass is 486 g/mol. The van der Waals surface area contributed by atoms with Crippen molar-refractivity contribution in [2.45, 2.75) is 29.6 Å². The smallest absolute Gasteiger partial charge is 0.387 e. The maximum atomic E-state index is 13.2. The second kappa shape index (κ2) is 9.88. The number of hydrogen-bond donors (Lipinski definition) is 1. The average molecular weight is 486 g/mol. The molecule has 13 heteroatoms. The summed E-state index contributed by atoms with van der Waals surface area (Å²) in [5.74, 6) is -1.71. The number of para-hydroxylation sites is 1. The number of rotatable bonds is 8. The fourth-order valence-electron chi connectivity index (χ4n) is 3.95. The Labute approximate surface area is 189 Å². The molecule has 3 amide bonds. The number of morpholine rings is 1. The van der Waals surface area contributed by atoms with Crippen LogP contribution >= 0.6 is 0 Å². The highest BCUT2D eigenvalue weighted by molar-refractivity contribution is 7.91. The lowest BCUT2D eigenvalue weighted by atomic mass is 10.2. The number of ether oxygens (including phenoxy) is 2. The maximum Gasteiger partial charge on any atom is 0.387 e. The molecule has 0 aromatic heterocycles. The van der Waals surface area contributed by atoms with Crippen molar-refractivity contribution >= 4 is 21.8 Å². The summed E-state index contributed by atoms with van der Waals surface area (Å²) >= 11 is 0. The van der Waals surface area contributed by atoms with Crippen molar-refractivity contribution in [1.82, 2.24) is 15.1 Å². The number of carbonyl (C=O) groups excluding carboxylic acids is 2. The van der Waals surface area contributed by atoms with Gasteiger partial charge in [0.1, 0.15) is 17.8 Å². The van der Waals surface area contributed by atoms with Gasteiger partial charge in [-0.1, -0.05) is 18.2 Å². The minimum absolute atomic E-state index is 0.0122. The molecule has 1 heterocycles. The van der Waals surface area contributed by atoms with Gasteiger partial charge in [0.2, 0.25) is 5.91 Å². The Morgan fingerprint density at radius 2 is 2.03 bits per heavy atom. The highest BCUT2D eigenvalue weighted by Crippen LogP contribution is 2.48. The molecule has 0 bridgehead atoms. The number of nitrogens with one attached hydrogen (secondary N) is 1. The molecule has 33 heavy (non-hydrogen) atoms. The van der Waals surface area contributed by atoms with E-state index in [-0.39, 0.29) is 37.4 Å². The van der Waals surface area contributed by atoms with Crippen LogP contribution in [0.2, 0.25) is 0 Å². The summed E-state index contributed by atoms with van der Waals surface area (Å²) in [5, 5.41) is 9.89. The molecule has 1 aliphatic heterocycles. The van der Waals surface area contributed by atoms with Crippen LogP contribution in [0.15, 0.2) is 24.3 Å². The Morgan fingerprint density at radius 1 is 1.36 bits per heavy atom. The second-order valence-electron chi connectivity index (χ2n) is 7.69.